The highest BCUT2D eigenvalue weighted by Crippen LogP contribution is 2.34. The van der Waals surface area contributed by atoms with Gasteiger partial charge in [-0.15, -0.1) is 0 Å². The smallest absolute Gasteiger partial charge is 0.0139 e. The van der Waals surface area contributed by atoms with Crippen molar-refractivity contribution in [2.75, 3.05) is 19.6 Å². The molecule has 2 rings (SSSR count). The predicted octanol–water partition coefficient (Wildman–Crippen LogP) is 2.64. The van der Waals surface area contributed by atoms with Crippen LogP contribution in [0.5, 0.6) is 0 Å². The van der Waals surface area contributed by atoms with E-state index < -0.39 is 0 Å². The summed E-state index contributed by atoms with van der Waals surface area (Å²) in [7, 11) is 0. The number of hydrogen-bond donors (Lipinski definition) is 1. The van der Waals surface area contributed by atoms with E-state index in [9.17, 15) is 0 Å². The van der Waals surface area contributed by atoms with Gasteiger partial charge in [-0.2, -0.15) is 0 Å². The lowest BCUT2D eigenvalue weighted by atomic mass is 9.77. The first kappa shape index (κ1) is 12.4. The van der Waals surface area contributed by atoms with Crippen molar-refractivity contribution in [3.05, 3.63) is 0 Å². The van der Waals surface area contributed by atoms with Gasteiger partial charge in [0.25, 0.3) is 0 Å². The molecule has 1 heterocycles. The maximum Gasteiger partial charge on any atom is 0.0139 e. The highest BCUT2D eigenvalue weighted by Gasteiger charge is 2.37. The van der Waals surface area contributed by atoms with Crippen molar-refractivity contribution in [2.45, 2.75) is 64.5 Å². The van der Waals surface area contributed by atoms with Crippen LogP contribution in [0.4, 0.5) is 0 Å². The maximum absolute atomic E-state index is 3.52. The van der Waals surface area contributed by atoms with Gasteiger partial charge in [-0.3, -0.25) is 4.90 Å². The molecule has 1 saturated heterocycles. The Kier molecular flexibility index (Phi) is 4.66. The van der Waals surface area contributed by atoms with E-state index in [4.69, 9.17) is 0 Å². The molecule has 3 unspecified atom stereocenters. The highest BCUT2D eigenvalue weighted by atomic mass is 15.2. The number of nitrogens with zero attached hydrogens (tertiary/aromatic N) is 1. The van der Waals surface area contributed by atoms with Crippen LogP contribution in [-0.2, 0) is 0 Å². The molecule has 0 aromatic rings. The Labute approximate surface area is 101 Å². The molecule has 0 aromatic carbocycles. The molecule has 0 spiro atoms. The van der Waals surface area contributed by atoms with Gasteiger partial charge >= 0.3 is 0 Å². The van der Waals surface area contributed by atoms with Gasteiger partial charge in [0.05, 0.1) is 0 Å². The first-order chi connectivity index (χ1) is 7.83. The van der Waals surface area contributed by atoms with E-state index in [1.165, 1.54) is 51.6 Å². The van der Waals surface area contributed by atoms with Crippen molar-refractivity contribution >= 4 is 0 Å². The van der Waals surface area contributed by atoms with Crippen LogP contribution in [0, 0.1) is 5.92 Å². The third-order valence-electron chi connectivity index (χ3n) is 4.56. The van der Waals surface area contributed by atoms with Gasteiger partial charge < -0.3 is 5.32 Å². The summed E-state index contributed by atoms with van der Waals surface area (Å²) in [4.78, 5) is 2.82. The molecule has 2 heteroatoms. The first-order valence-corrected chi connectivity index (χ1v) is 7.29. The molecular weight excluding hydrogens is 196 g/mol. The molecule has 94 valence electrons. The highest BCUT2D eigenvalue weighted by molar-refractivity contribution is 4.92. The van der Waals surface area contributed by atoms with Crippen LogP contribution in [0.15, 0.2) is 0 Å². The molecule has 2 nitrogen and oxygen atoms in total. The SMILES string of the molecule is CCNCC1CCC1N1CCCCCC1C. The lowest BCUT2D eigenvalue weighted by molar-refractivity contribution is 0.0350. The van der Waals surface area contributed by atoms with Gasteiger partial charge in [-0.25, -0.2) is 0 Å². The first-order valence-electron chi connectivity index (χ1n) is 7.29. The van der Waals surface area contributed by atoms with E-state index in [2.05, 4.69) is 24.1 Å². The Hall–Kier alpha value is -0.0800. The lowest BCUT2D eigenvalue weighted by Gasteiger charge is -2.47. The molecule has 1 aliphatic heterocycles. The van der Waals surface area contributed by atoms with E-state index in [1.54, 1.807) is 0 Å². The normalized spacial score (nSPS) is 36.8. The summed E-state index contributed by atoms with van der Waals surface area (Å²) in [6.45, 7) is 8.37. The molecule has 0 radical (unpaired) electrons. The second-order valence-electron chi connectivity index (χ2n) is 5.65. The van der Waals surface area contributed by atoms with Crippen LogP contribution in [-0.4, -0.2) is 36.6 Å². The fourth-order valence-corrected chi connectivity index (χ4v) is 3.35. The second kappa shape index (κ2) is 6.02. The van der Waals surface area contributed by atoms with Crippen LogP contribution in [0.2, 0.25) is 0 Å². The maximum atomic E-state index is 3.52. The van der Waals surface area contributed by atoms with Gasteiger partial charge in [0.15, 0.2) is 0 Å². The van der Waals surface area contributed by atoms with Gasteiger partial charge in [-0.1, -0.05) is 19.8 Å². The Morgan fingerprint density at radius 3 is 2.69 bits per heavy atom. The summed E-state index contributed by atoms with van der Waals surface area (Å²) in [5, 5.41) is 3.52. The zero-order valence-electron chi connectivity index (χ0n) is 11.0. The van der Waals surface area contributed by atoms with Crippen molar-refractivity contribution in [2.24, 2.45) is 5.92 Å². The van der Waals surface area contributed by atoms with Crippen LogP contribution in [0.25, 0.3) is 0 Å². The molecule has 0 amide bonds. The van der Waals surface area contributed by atoms with Crippen LogP contribution < -0.4 is 5.32 Å². The summed E-state index contributed by atoms with van der Waals surface area (Å²) in [6.07, 6.45) is 8.63. The second-order valence-corrected chi connectivity index (χ2v) is 5.65. The molecule has 2 aliphatic rings. The fraction of sp³-hybridized carbons (Fsp3) is 1.00. The molecule has 1 saturated carbocycles. The zero-order chi connectivity index (χ0) is 11.4. The van der Waals surface area contributed by atoms with Gasteiger partial charge in [-0.05, 0) is 58.2 Å². The quantitative estimate of drug-likeness (QED) is 0.790. The molecular formula is C14H28N2. The topological polar surface area (TPSA) is 15.3 Å². The van der Waals surface area contributed by atoms with E-state index >= 15 is 0 Å². The molecule has 0 bridgehead atoms. The third-order valence-corrected chi connectivity index (χ3v) is 4.56. The van der Waals surface area contributed by atoms with Crippen LogP contribution in [0.1, 0.15) is 52.4 Å². The Bertz CT molecular complexity index is 205. The number of rotatable bonds is 4. The lowest BCUT2D eigenvalue weighted by Crippen LogP contribution is -2.53. The largest absolute Gasteiger partial charge is 0.317 e. The summed E-state index contributed by atoms with van der Waals surface area (Å²) >= 11 is 0. The van der Waals surface area contributed by atoms with Gasteiger partial charge in [0, 0.05) is 12.1 Å². The van der Waals surface area contributed by atoms with Crippen LogP contribution >= 0.6 is 0 Å². The van der Waals surface area contributed by atoms with E-state index in [-0.39, 0.29) is 0 Å². The van der Waals surface area contributed by atoms with Crippen LogP contribution in [0.3, 0.4) is 0 Å². The molecule has 16 heavy (non-hydrogen) atoms. The minimum atomic E-state index is 0.830. The van der Waals surface area contributed by atoms with Crippen molar-refractivity contribution in [1.29, 1.82) is 0 Å². The minimum absolute atomic E-state index is 0.830. The van der Waals surface area contributed by atoms with Crippen molar-refractivity contribution in [3.8, 4) is 0 Å². The van der Waals surface area contributed by atoms with E-state index in [0.717, 1.165) is 24.5 Å². The molecule has 0 aromatic heterocycles. The molecule has 2 fully saturated rings. The monoisotopic (exact) mass is 224 g/mol. The Morgan fingerprint density at radius 1 is 1.12 bits per heavy atom. The molecule has 1 N–H and O–H groups in total. The molecule has 1 aliphatic carbocycles. The Morgan fingerprint density at radius 2 is 2.00 bits per heavy atom. The number of hydrogen-bond acceptors (Lipinski definition) is 2. The van der Waals surface area contributed by atoms with Gasteiger partial charge in [0.2, 0.25) is 0 Å². The summed E-state index contributed by atoms with van der Waals surface area (Å²) in [5.74, 6) is 0.931. The van der Waals surface area contributed by atoms with Gasteiger partial charge in [0.1, 0.15) is 0 Å². The number of likely N-dealkylation sites (tertiary alicyclic amines) is 1. The standard InChI is InChI=1S/C14H28N2/c1-3-15-11-13-8-9-14(13)16-10-6-4-5-7-12(16)2/h12-15H,3-11H2,1-2H3. The van der Waals surface area contributed by atoms with Crippen molar-refractivity contribution in [1.82, 2.24) is 10.2 Å². The fourth-order valence-electron chi connectivity index (χ4n) is 3.35. The summed E-state index contributed by atoms with van der Waals surface area (Å²) in [5.41, 5.74) is 0. The van der Waals surface area contributed by atoms with E-state index in [1.807, 2.05) is 0 Å². The molecule has 3 atom stereocenters. The van der Waals surface area contributed by atoms with Crippen molar-refractivity contribution in [3.63, 3.8) is 0 Å². The summed E-state index contributed by atoms with van der Waals surface area (Å²) < 4.78 is 0. The average molecular weight is 224 g/mol. The van der Waals surface area contributed by atoms with E-state index in [0.29, 0.717) is 0 Å². The predicted molar refractivity (Wildman–Crippen MR) is 69.7 cm³/mol. The summed E-state index contributed by atoms with van der Waals surface area (Å²) in [6, 6.07) is 1.73. The zero-order valence-corrected chi connectivity index (χ0v) is 11.0. The number of nitrogens with one attached hydrogen (secondary N) is 1. The Balaban J connectivity index is 1.85. The van der Waals surface area contributed by atoms with Crippen molar-refractivity contribution < 1.29 is 0 Å². The third kappa shape index (κ3) is 2.78. The minimum Gasteiger partial charge on any atom is -0.317 e. The average Bonchev–Trinajstić information content (AvgIpc) is 2.44.